The fourth-order valence-corrected chi connectivity index (χ4v) is 3.68. The molecule has 1 N–H and O–H groups in total. The second-order valence-corrected chi connectivity index (χ2v) is 7.23. The normalized spacial score (nSPS) is 21.2. The summed E-state index contributed by atoms with van der Waals surface area (Å²) in [6, 6.07) is 8.22. The van der Waals surface area contributed by atoms with E-state index >= 15 is 0 Å². The lowest BCUT2D eigenvalue weighted by Gasteiger charge is -2.35. The Morgan fingerprint density at radius 1 is 1.38 bits per heavy atom. The zero-order chi connectivity index (χ0) is 14.9. The van der Waals surface area contributed by atoms with Crippen molar-refractivity contribution in [1.82, 2.24) is 4.98 Å². The first-order chi connectivity index (χ1) is 10.0. The van der Waals surface area contributed by atoms with E-state index in [0.29, 0.717) is 6.04 Å². The molecular weight excluding hydrogens is 304 g/mol. The molecule has 1 atom stereocenters. The summed E-state index contributed by atoms with van der Waals surface area (Å²) in [4.78, 5) is 4.67. The van der Waals surface area contributed by atoms with Gasteiger partial charge in [0.25, 0.3) is 0 Å². The van der Waals surface area contributed by atoms with Crippen LogP contribution in [-0.2, 0) is 4.74 Å². The summed E-state index contributed by atoms with van der Waals surface area (Å²) in [5.74, 6) is 0. The second-order valence-electron chi connectivity index (χ2n) is 5.96. The van der Waals surface area contributed by atoms with Crippen LogP contribution in [0, 0.1) is 0 Å². The van der Waals surface area contributed by atoms with Gasteiger partial charge in [0.15, 0.2) is 5.13 Å². The van der Waals surface area contributed by atoms with Crippen molar-refractivity contribution in [3.8, 4) is 11.3 Å². The van der Waals surface area contributed by atoms with Crippen molar-refractivity contribution < 1.29 is 4.74 Å². The zero-order valence-electron chi connectivity index (χ0n) is 12.2. The van der Waals surface area contributed by atoms with E-state index in [9.17, 15) is 0 Å². The third kappa shape index (κ3) is 3.57. The highest BCUT2D eigenvalue weighted by atomic mass is 35.5. The summed E-state index contributed by atoms with van der Waals surface area (Å²) in [5.41, 5.74) is 1.86. The molecule has 1 saturated heterocycles. The van der Waals surface area contributed by atoms with Gasteiger partial charge in [0.1, 0.15) is 0 Å². The molecule has 5 heteroatoms. The van der Waals surface area contributed by atoms with Gasteiger partial charge in [-0.2, -0.15) is 0 Å². The highest BCUT2D eigenvalue weighted by molar-refractivity contribution is 7.14. The van der Waals surface area contributed by atoms with Crippen molar-refractivity contribution >= 4 is 28.1 Å². The summed E-state index contributed by atoms with van der Waals surface area (Å²) in [7, 11) is 0. The molecule has 3 rings (SSSR count). The molecule has 1 aliphatic rings. The van der Waals surface area contributed by atoms with E-state index in [1.807, 2.05) is 29.6 Å². The van der Waals surface area contributed by atoms with E-state index in [1.54, 1.807) is 11.3 Å². The molecule has 21 heavy (non-hydrogen) atoms. The van der Waals surface area contributed by atoms with Gasteiger partial charge >= 0.3 is 0 Å². The molecule has 1 aromatic heterocycles. The maximum absolute atomic E-state index is 6.22. The standard InChI is InChI=1S/C16H19ClN2OS/c1-16(2)9-11(7-8-20-16)18-15-19-14(10-21-15)12-5-3-4-6-13(12)17/h3-6,10-11H,7-9H2,1-2H3,(H,18,19). The number of ether oxygens (including phenoxy) is 1. The van der Waals surface area contributed by atoms with Gasteiger partial charge in [-0.3, -0.25) is 0 Å². The summed E-state index contributed by atoms with van der Waals surface area (Å²) >= 11 is 7.85. The number of nitrogens with one attached hydrogen (secondary N) is 1. The lowest BCUT2D eigenvalue weighted by atomic mass is 9.94. The maximum atomic E-state index is 6.22. The van der Waals surface area contributed by atoms with Crippen molar-refractivity contribution in [2.75, 3.05) is 11.9 Å². The number of anilines is 1. The van der Waals surface area contributed by atoms with E-state index < -0.39 is 0 Å². The molecule has 1 aliphatic heterocycles. The van der Waals surface area contributed by atoms with Gasteiger partial charge in [-0.25, -0.2) is 4.98 Å². The maximum Gasteiger partial charge on any atom is 0.183 e. The summed E-state index contributed by atoms with van der Waals surface area (Å²) in [6.45, 7) is 5.07. The smallest absolute Gasteiger partial charge is 0.183 e. The van der Waals surface area contributed by atoms with Gasteiger partial charge in [-0.1, -0.05) is 29.8 Å². The Kier molecular flexibility index (Phi) is 4.20. The molecule has 0 saturated carbocycles. The van der Waals surface area contributed by atoms with Crippen LogP contribution >= 0.6 is 22.9 Å². The first-order valence-electron chi connectivity index (χ1n) is 7.14. The van der Waals surface area contributed by atoms with E-state index in [4.69, 9.17) is 16.3 Å². The molecule has 1 unspecified atom stereocenters. The van der Waals surface area contributed by atoms with E-state index in [0.717, 1.165) is 40.9 Å². The van der Waals surface area contributed by atoms with Crippen molar-refractivity contribution in [2.24, 2.45) is 0 Å². The summed E-state index contributed by atoms with van der Waals surface area (Å²) in [5, 5.41) is 7.27. The quantitative estimate of drug-likeness (QED) is 0.878. The van der Waals surface area contributed by atoms with Gasteiger partial charge in [0.05, 0.1) is 11.3 Å². The Bertz CT molecular complexity index is 626. The predicted molar refractivity (Wildman–Crippen MR) is 89.2 cm³/mol. The van der Waals surface area contributed by atoms with Crippen LogP contribution in [0.1, 0.15) is 26.7 Å². The third-order valence-electron chi connectivity index (χ3n) is 3.68. The van der Waals surface area contributed by atoms with E-state index in [-0.39, 0.29) is 5.60 Å². The molecule has 0 spiro atoms. The van der Waals surface area contributed by atoms with Crippen molar-refractivity contribution in [3.63, 3.8) is 0 Å². The number of hydrogen-bond donors (Lipinski definition) is 1. The Hall–Kier alpha value is -1.10. The molecule has 0 amide bonds. The first-order valence-corrected chi connectivity index (χ1v) is 8.40. The van der Waals surface area contributed by atoms with Crippen LogP contribution in [-0.4, -0.2) is 23.2 Å². The summed E-state index contributed by atoms with van der Waals surface area (Å²) in [6.07, 6.45) is 2.01. The number of aromatic nitrogens is 1. The van der Waals surface area contributed by atoms with Crippen LogP contribution in [0.3, 0.4) is 0 Å². The number of benzene rings is 1. The van der Waals surface area contributed by atoms with Crippen molar-refractivity contribution in [3.05, 3.63) is 34.7 Å². The zero-order valence-corrected chi connectivity index (χ0v) is 13.8. The fraction of sp³-hybridized carbons (Fsp3) is 0.438. The molecule has 0 radical (unpaired) electrons. The topological polar surface area (TPSA) is 34.2 Å². The monoisotopic (exact) mass is 322 g/mol. The molecule has 1 fully saturated rings. The minimum atomic E-state index is -0.0568. The van der Waals surface area contributed by atoms with Gasteiger partial charge in [0.2, 0.25) is 0 Å². The van der Waals surface area contributed by atoms with Crippen LogP contribution in [0.2, 0.25) is 5.02 Å². The minimum absolute atomic E-state index is 0.0568. The van der Waals surface area contributed by atoms with Crippen LogP contribution in [0.5, 0.6) is 0 Å². The largest absolute Gasteiger partial charge is 0.375 e. The van der Waals surface area contributed by atoms with Crippen LogP contribution < -0.4 is 5.32 Å². The Labute approximate surface area is 134 Å². The number of rotatable bonds is 3. The van der Waals surface area contributed by atoms with Crippen LogP contribution in [0.25, 0.3) is 11.3 Å². The number of nitrogens with zero attached hydrogens (tertiary/aromatic N) is 1. The van der Waals surface area contributed by atoms with Gasteiger partial charge in [-0.05, 0) is 32.8 Å². The lowest BCUT2D eigenvalue weighted by Crippen LogP contribution is -2.40. The van der Waals surface area contributed by atoms with Crippen LogP contribution in [0.4, 0.5) is 5.13 Å². The number of thiazole rings is 1. The number of halogens is 1. The average Bonchev–Trinajstić information content (AvgIpc) is 2.86. The minimum Gasteiger partial charge on any atom is -0.375 e. The molecule has 2 heterocycles. The molecule has 2 aromatic rings. The van der Waals surface area contributed by atoms with Gasteiger partial charge in [-0.15, -0.1) is 11.3 Å². The Morgan fingerprint density at radius 2 is 2.19 bits per heavy atom. The molecule has 112 valence electrons. The second kappa shape index (κ2) is 5.95. The Morgan fingerprint density at radius 3 is 2.95 bits per heavy atom. The molecule has 3 nitrogen and oxygen atoms in total. The molecule has 0 aliphatic carbocycles. The van der Waals surface area contributed by atoms with Crippen molar-refractivity contribution in [1.29, 1.82) is 0 Å². The number of hydrogen-bond acceptors (Lipinski definition) is 4. The predicted octanol–water partition coefficient (Wildman–Crippen LogP) is 4.83. The van der Waals surface area contributed by atoms with E-state index in [1.165, 1.54) is 0 Å². The molecule has 1 aromatic carbocycles. The van der Waals surface area contributed by atoms with Gasteiger partial charge in [0, 0.05) is 28.6 Å². The highest BCUT2D eigenvalue weighted by Crippen LogP contribution is 2.32. The van der Waals surface area contributed by atoms with Gasteiger partial charge < -0.3 is 10.1 Å². The SMILES string of the molecule is CC1(C)CC(Nc2nc(-c3ccccc3Cl)cs2)CCO1. The third-order valence-corrected chi connectivity index (χ3v) is 4.78. The lowest BCUT2D eigenvalue weighted by molar-refractivity contribution is -0.0553. The van der Waals surface area contributed by atoms with E-state index in [2.05, 4.69) is 24.1 Å². The molecular formula is C16H19ClN2OS. The fourth-order valence-electron chi connectivity index (χ4n) is 2.66. The van der Waals surface area contributed by atoms with Crippen LogP contribution in [0.15, 0.2) is 29.6 Å². The molecule has 0 bridgehead atoms. The first kappa shape index (κ1) is 14.8. The van der Waals surface area contributed by atoms with Crippen molar-refractivity contribution in [2.45, 2.75) is 38.3 Å². The highest BCUT2D eigenvalue weighted by Gasteiger charge is 2.29. The summed E-state index contributed by atoms with van der Waals surface area (Å²) < 4.78 is 5.75. The Balaban J connectivity index is 1.72. The average molecular weight is 323 g/mol.